The summed E-state index contributed by atoms with van der Waals surface area (Å²) in [5.74, 6) is -0.0411. The number of carbonyl (C=O) groups excluding carboxylic acids is 7. The molecule has 0 saturated heterocycles. The van der Waals surface area contributed by atoms with E-state index in [0.717, 1.165) is 0 Å². The van der Waals surface area contributed by atoms with Crippen molar-refractivity contribution in [1.29, 1.82) is 0 Å². The molecule has 0 spiro atoms. The molecule has 70 heavy (non-hydrogen) atoms. The van der Waals surface area contributed by atoms with Gasteiger partial charge in [0.25, 0.3) is 0 Å². The molecule has 5 aromatic rings. The molecule has 2 N–H and O–H groups in total. The Kier molecular flexibility index (Phi) is 25.5. The summed E-state index contributed by atoms with van der Waals surface area (Å²) >= 11 is 0. The number of esters is 5. The van der Waals surface area contributed by atoms with Crippen molar-refractivity contribution in [2.75, 3.05) is 13.2 Å². The van der Waals surface area contributed by atoms with Crippen LogP contribution in [0.1, 0.15) is 84.0 Å². The molecule has 0 aliphatic rings. The van der Waals surface area contributed by atoms with Crippen LogP contribution in [0.5, 0.6) is 28.7 Å². The third-order valence-corrected chi connectivity index (χ3v) is 9.79. The van der Waals surface area contributed by atoms with Gasteiger partial charge >= 0.3 is 42.0 Å². The van der Waals surface area contributed by atoms with E-state index in [9.17, 15) is 33.6 Å². The van der Waals surface area contributed by atoms with Crippen molar-refractivity contribution in [3.05, 3.63) is 152 Å². The fourth-order valence-corrected chi connectivity index (χ4v) is 6.37. The summed E-state index contributed by atoms with van der Waals surface area (Å²) in [6, 6.07) is 41.7. The van der Waals surface area contributed by atoms with Crippen LogP contribution in [0.4, 0.5) is 9.59 Å². The van der Waals surface area contributed by atoms with E-state index in [-0.39, 0.29) is 57.3 Å². The van der Waals surface area contributed by atoms with Gasteiger partial charge in [-0.3, -0.25) is 14.4 Å². The Morgan fingerprint density at radius 1 is 0.371 bits per heavy atom. The monoisotopic (exact) mass is 960 g/mol. The number of unbranched alkanes of at least 4 members (excludes halogenated alkanes) is 4. The molecule has 0 aliphatic heterocycles. The van der Waals surface area contributed by atoms with Crippen LogP contribution in [0.25, 0.3) is 0 Å². The summed E-state index contributed by atoms with van der Waals surface area (Å²) < 4.78 is 36.5. The van der Waals surface area contributed by atoms with E-state index in [4.69, 9.17) is 33.2 Å². The first-order chi connectivity index (χ1) is 34.1. The standard InChI is InChI=1S/C31H33NO8.C23H27NO6/c33-28(38-24-14-5-1-6-15-24)21-12-4-11-20-27(32-31(36)40-26-18-9-3-10-19-26)30(35)37-23-13-22-29(34)39-25-16-7-2-8-17-25;1-2-28-22(26)20(24-23(27)30-19-14-8-4-9-15-19)16-10-5-11-17-21(25)29-18-12-6-3-7-13-18/h1-3,5-10,14-19,27H,4,11-13,20-23H2,(H,32,36);3-4,6-9,12-15,20H,2,5,10-11,16-17H2,1H3,(H,24,27). The maximum Gasteiger partial charge on any atom is 0.413 e. The Balaban J connectivity index is 0.000000318. The minimum Gasteiger partial charge on any atom is -0.464 e. The van der Waals surface area contributed by atoms with Crippen molar-refractivity contribution < 1.29 is 66.7 Å². The highest BCUT2D eigenvalue weighted by atomic mass is 16.6. The Bertz CT molecular complexity index is 2320. The molecule has 2 atom stereocenters. The Labute approximate surface area is 407 Å². The lowest BCUT2D eigenvalue weighted by Crippen LogP contribution is -2.43. The van der Waals surface area contributed by atoms with Gasteiger partial charge in [-0.15, -0.1) is 0 Å². The quantitative estimate of drug-likeness (QED) is 0.0300. The number of benzene rings is 5. The van der Waals surface area contributed by atoms with Gasteiger partial charge in [0.2, 0.25) is 0 Å². The summed E-state index contributed by atoms with van der Waals surface area (Å²) in [6.07, 6.45) is 3.71. The van der Waals surface area contributed by atoms with Gasteiger partial charge in [-0.25, -0.2) is 19.2 Å². The smallest absolute Gasteiger partial charge is 0.413 e. The number of ether oxygens (including phenoxy) is 7. The summed E-state index contributed by atoms with van der Waals surface area (Å²) in [5.41, 5.74) is 0. The third-order valence-electron chi connectivity index (χ3n) is 9.79. The molecule has 0 saturated carbocycles. The predicted octanol–water partition coefficient (Wildman–Crippen LogP) is 9.89. The van der Waals surface area contributed by atoms with Crippen LogP contribution < -0.4 is 34.3 Å². The van der Waals surface area contributed by atoms with E-state index >= 15 is 0 Å². The first-order valence-electron chi connectivity index (χ1n) is 23.2. The molecule has 0 radical (unpaired) electrons. The number of carbonyl (C=O) groups is 7. The molecule has 370 valence electrons. The molecular formula is C54H60N2O14. The molecule has 0 heterocycles. The second-order valence-electron chi connectivity index (χ2n) is 15.4. The molecule has 0 bridgehead atoms. The van der Waals surface area contributed by atoms with Crippen LogP contribution in [-0.4, -0.2) is 67.3 Å². The van der Waals surface area contributed by atoms with Crippen LogP contribution in [0.15, 0.2) is 152 Å². The molecule has 5 rings (SSSR count). The highest BCUT2D eigenvalue weighted by Gasteiger charge is 2.24. The molecule has 0 aromatic heterocycles. The highest BCUT2D eigenvalue weighted by Crippen LogP contribution is 2.16. The number of hydrogen-bond acceptors (Lipinski definition) is 14. The number of nitrogens with one attached hydrogen (secondary N) is 2. The average Bonchev–Trinajstić information content (AvgIpc) is 3.36. The van der Waals surface area contributed by atoms with Crippen molar-refractivity contribution in [1.82, 2.24) is 10.6 Å². The first kappa shape index (κ1) is 54.6. The van der Waals surface area contributed by atoms with E-state index in [1.165, 1.54) is 0 Å². The lowest BCUT2D eigenvalue weighted by molar-refractivity contribution is -0.147. The van der Waals surface area contributed by atoms with Gasteiger partial charge < -0.3 is 43.8 Å². The topological polar surface area (TPSA) is 208 Å². The van der Waals surface area contributed by atoms with Gasteiger partial charge in [0, 0.05) is 19.3 Å². The number of hydrogen-bond donors (Lipinski definition) is 2. The maximum atomic E-state index is 12.8. The largest absolute Gasteiger partial charge is 0.464 e. The zero-order valence-corrected chi connectivity index (χ0v) is 39.2. The molecule has 2 amide bonds. The maximum absolute atomic E-state index is 12.8. The van der Waals surface area contributed by atoms with Gasteiger partial charge in [-0.2, -0.15) is 0 Å². The SMILES string of the molecule is CCOC(=O)C(CCCCCC(=O)Oc1ccccc1)NC(=O)Oc1ccccc1.O=C(CCCCCC(NC(=O)Oc1ccccc1)C(=O)OCCCC(=O)Oc1ccccc1)Oc1ccccc1. The summed E-state index contributed by atoms with van der Waals surface area (Å²) in [7, 11) is 0. The van der Waals surface area contributed by atoms with E-state index in [1.54, 1.807) is 134 Å². The number of rotatable bonds is 26. The fourth-order valence-electron chi connectivity index (χ4n) is 6.37. The van der Waals surface area contributed by atoms with Crippen LogP contribution >= 0.6 is 0 Å². The highest BCUT2D eigenvalue weighted by molar-refractivity contribution is 5.83. The van der Waals surface area contributed by atoms with Crippen molar-refractivity contribution in [2.45, 2.75) is 96.1 Å². The van der Waals surface area contributed by atoms with Crippen LogP contribution in [0.2, 0.25) is 0 Å². The second-order valence-corrected chi connectivity index (χ2v) is 15.4. The molecule has 16 heteroatoms. The molecule has 0 fully saturated rings. The lowest BCUT2D eigenvalue weighted by Gasteiger charge is -2.17. The average molecular weight is 961 g/mol. The summed E-state index contributed by atoms with van der Waals surface area (Å²) in [6.45, 7) is 1.91. The third kappa shape index (κ3) is 23.6. The zero-order valence-electron chi connectivity index (χ0n) is 39.2. The van der Waals surface area contributed by atoms with Crippen LogP contribution in [0, 0.1) is 0 Å². The normalized spacial score (nSPS) is 11.2. The first-order valence-corrected chi connectivity index (χ1v) is 23.2. The summed E-state index contributed by atoms with van der Waals surface area (Å²) in [4.78, 5) is 85.3. The second kappa shape index (κ2) is 32.7. The van der Waals surface area contributed by atoms with E-state index in [2.05, 4.69) is 10.6 Å². The minimum absolute atomic E-state index is 0.0139. The van der Waals surface area contributed by atoms with Gasteiger partial charge in [-0.1, -0.05) is 117 Å². The zero-order chi connectivity index (χ0) is 50.0. The summed E-state index contributed by atoms with van der Waals surface area (Å²) in [5, 5.41) is 5.12. The number of amides is 2. The van der Waals surface area contributed by atoms with Gasteiger partial charge in [0.1, 0.15) is 40.8 Å². The van der Waals surface area contributed by atoms with Crippen LogP contribution in [-0.2, 0) is 33.4 Å². The minimum atomic E-state index is -0.955. The molecular weight excluding hydrogens is 901 g/mol. The molecule has 2 unspecified atom stereocenters. The van der Waals surface area contributed by atoms with Crippen molar-refractivity contribution >= 4 is 42.0 Å². The fraction of sp³-hybridized carbons (Fsp3) is 0.315. The van der Waals surface area contributed by atoms with Crippen molar-refractivity contribution in [2.24, 2.45) is 0 Å². The van der Waals surface area contributed by atoms with Crippen molar-refractivity contribution in [3.8, 4) is 28.7 Å². The molecule has 16 nitrogen and oxygen atoms in total. The number of para-hydroxylation sites is 5. The Morgan fingerprint density at radius 3 is 1.00 bits per heavy atom. The predicted molar refractivity (Wildman–Crippen MR) is 258 cm³/mol. The Hall–Kier alpha value is -8.01. The Morgan fingerprint density at radius 2 is 0.671 bits per heavy atom. The van der Waals surface area contributed by atoms with Crippen molar-refractivity contribution in [3.63, 3.8) is 0 Å². The van der Waals surface area contributed by atoms with Gasteiger partial charge in [-0.05, 0) is 99.7 Å². The lowest BCUT2D eigenvalue weighted by atomic mass is 10.1. The molecule has 5 aromatic carbocycles. The molecule has 0 aliphatic carbocycles. The van der Waals surface area contributed by atoms with Crippen LogP contribution in [0.3, 0.4) is 0 Å². The van der Waals surface area contributed by atoms with Gasteiger partial charge in [0.05, 0.1) is 13.2 Å². The van der Waals surface area contributed by atoms with Gasteiger partial charge in [0.15, 0.2) is 0 Å². The van der Waals surface area contributed by atoms with E-state index < -0.39 is 42.2 Å². The van der Waals surface area contributed by atoms with E-state index in [1.807, 2.05) is 24.3 Å². The van der Waals surface area contributed by atoms with E-state index in [0.29, 0.717) is 73.7 Å².